The molecule has 2 amide bonds. The fraction of sp³-hybridized carbons (Fsp3) is 0.233. The maximum Gasteiger partial charge on any atom is 0.412 e. The summed E-state index contributed by atoms with van der Waals surface area (Å²) in [5.41, 5.74) is 2.94. The number of imidazole rings is 1. The Morgan fingerprint density at radius 2 is 1.70 bits per heavy atom. The maximum atomic E-state index is 13.4. The summed E-state index contributed by atoms with van der Waals surface area (Å²) in [6.07, 6.45) is 0.540. The van der Waals surface area contributed by atoms with Crippen LogP contribution in [0.1, 0.15) is 41.0 Å². The molecule has 0 spiro atoms. The van der Waals surface area contributed by atoms with Crippen molar-refractivity contribution >= 4 is 52.3 Å². The van der Waals surface area contributed by atoms with Crippen LogP contribution in [0.25, 0.3) is 11.0 Å². The number of carbonyl (C=O) groups is 4. The van der Waals surface area contributed by atoms with Gasteiger partial charge in [-0.2, -0.15) is 0 Å². The number of hydrogen-bond donors (Lipinski definition) is 5. The summed E-state index contributed by atoms with van der Waals surface area (Å²) >= 11 is 0. The van der Waals surface area contributed by atoms with Crippen molar-refractivity contribution in [2.45, 2.75) is 25.8 Å². The number of benzene rings is 2. The topological polar surface area (TPSA) is 200 Å². The third-order valence-electron chi connectivity index (χ3n) is 6.56. The molecule has 4 rings (SSSR count). The molecule has 4 aromatic rings. The molecular formula is C30H31N7O7. The van der Waals surface area contributed by atoms with Crippen LogP contribution in [-0.4, -0.2) is 67.7 Å². The largest absolute Gasteiger partial charge is 0.481 e. The number of aliphatic carboxylic acids is 2. The predicted molar refractivity (Wildman–Crippen MR) is 161 cm³/mol. The molecule has 0 bridgehead atoms. The molecule has 0 aliphatic heterocycles. The Morgan fingerprint density at radius 1 is 0.977 bits per heavy atom. The summed E-state index contributed by atoms with van der Waals surface area (Å²) in [4.78, 5) is 57.2. The fourth-order valence-electron chi connectivity index (χ4n) is 4.27. The minimum Gasteiger partial charge on any atom is -0.481 e. The van der Waals surface area contributed by atoms with Crippen LogP contribution in [0.5, 0.6) is 0 Å². The van der Waals surface area contributed by atoms with Gasteiger partial charge in [0, 0.05) is 43.0 Å². The van der Waals surface area contributed by atoms with Crippen molar-refractivity contribution < 1.29 is 34.1 Å². The smallest absolute Gasteiger partial charge is 0.412 e. The molecule has 0 aliphatic rings. The molecule has 14 heteroatoms. The highest BCUT2D eigenvalue weighted by molar-refractivity contribution is 6.07. The lowest BCUT2D eigenvalue weighted by atomic mass is 10.1. The van der Waals surface area contributed by atoms with E-state index in [-0.39, 0.29) is 44.2 Å². The van der Waals surface area contributed by atoms with E-state index in [0.29, 0.717) is 34.8 Å². The predicted octanol–water partition coefficient (Wildman–Crippen LogP) is 3.62. The number of hydrogen-bond acceptors (Lipinski definition) is 9. The van der Waals surface area contributed by atoms with Gasteiger partial charge < -0.3 is 24.8 Å². The van der Waals surface area contributed by atoms with Gasteiger partial charge in [0.05, 0.1) is 30.6 Å². The number of amides is 2. The standard InChI is InChI=1S/C30H31N7O7/c1-36-23-12-9-20(29(42)37(15-13-27(40)41)24-5-2-3-14-32-24)17-22(23)34-25(36)18-33-21-10-7-19(8-11-21)28(31)35-30(43)44-16-4-6-26(38)39/h2-3,5,7-12,14,17,33H,4,6,13,15-16,18H2,1H3,(H,38,39)(H,40,41)(H2,31,35,43). The lowest BCUT2D eigenvalue weighted by Crippen LogP contribution is -2.33. The highest BCUT2D eigenvalue weighted by Crippen LogP contribution is 2.21. The first-order valence-electron chi connectivity index (χ1n) is 13.6. The molecule has 44 heavy (non-hydrogen) atoms. The number of aryl methyl sites for hydroxylation is 1. The molecule has 0 unspecified atom stereocenters. The van der Waals surface area contributed by atoms with E-state index < -0.39 is 18.0 Å². The van der Waals surface area contributed by atoms with Gasteiger partial charge in [-0.15, -0.1) is 0 Å². The normalized spacial score (nSPS) is 10.7. The lowest BCUT2D eigenvalue weighted by molar-refractivity contribution is -0.138. The van der Waals surface area contributed by atoms with Gasteiger partial charge in [0.1, 0.15) is 17.5 Å². The van der Waals surface area contributed by atoms with Gasteiger partial charge in [-0.05, 0) is 61.0 Å². The molecule has 0 radical (unpaired) electrons. The zero-order chi connectivity index (χ0) is 31.6. The number of alkyl carbamates (subject to hydrolysis) is 1. The molecule has 0 saturated heterocycles. The molecular weight excluding hydrogens is 570 g/mol. The van der Waals surface area contributed by atoms with Gasteiger partial charge in [0.2, 0.25) is 0 Å². The van der Waals surface area contributed by atoms with Crippen molar-refractivity contribution in [3.8, 4) is 0 Å². The van der Waals surface area contributed by atoms with Crippen molar-refractivity contribution in [3.63, 3.8) is 0 Å². The van der Waals surface area contributed by atoms with Gasteiger partial charge in [-0.25, -0.2) is 14.8 Å². The minimum absolute atomic E-state index is 0.0341. The number of aromatic nitrogens is 3. The monoisotopic (exact) mass is 601 g/mol. The van der Waals surface area contributed by atoms with E-state index in [1.165, 1.54) is 11.1 Å². The van der Waals surface area contributed by atoms with E-state index in [4.69, 9.17) is 20.4 Å². The molecule has 2 aromatic heterocycles. The number of fused-ring (bicyclic) bond motifs is 1. The Kier molecular flexibility index (Phi) is 10.2. The van der Waals surface area contributed by atoms with Gasteiger partial charge in [0.25, 0.3) is 5.91 Å². The molecule has 14 nitrogen and oxygen atoms in total. The second kappa shape index (κ2) is 14.4. The molecule has 2 aromatic carbocycles. The van der Waals surface area contributed by atoms with Gasteiger partial charge >= 0.3 is 18.0 Å². The fourth-order valence-corrected chi connectivity index (χ4v) is 4.27. The van der Waals surface area contributed by atoms with Crippen LogP contribution < -0.4 is 15.5 Å². The highest BCUT2D eigenvalue weighted by Gasteiger charge is 2.21. The Morgan fingerprint density at radius 3 is 2.39 bits per heavy atom. The van der Waals surface area contributed by atoms with Crippen LogP contribution in [0.3, 0.4) is 0 Å². The number of nitrogens with zero attached hydrogens (tertiary/aromatic N) is 4. The molecule has 0 fully saturated rings. The molecule has 228 valence electrons. The molecule has 0 saturated carbocycles. The SMILES string of the molecule is Cn1c(CNc2ccc(C(=N)NC(=O)OCCCC(=O)O)cc2)nc2cc(C(=O)N(CCC(=O)O)c3ccccn3)ccc21. The Hall–Kier alpha value is -5.79. The maximum absolute atomic E-state index is 13.4. The van der Waals surface area contributed by atoms with Crippen LogP contribution in [0, 0.1) is 5.41 Å². The summed E-state index contributed by atoms with van der Waals surface area (Å²) in [7, 11) is 1.86. The second-order valence-electron chi connectivity index (χ2n) is 9.64. The number of carboxylic acid groups (broad SMARTS) is 2. The molecule has 5 N–H and O–H groups in total. The minimum atomic E-state index is -1.02. The van der Waals surface area contributed by atoms with Gasteiger partial charge in [-0.3, -0.25) is 30.0 Å². The summed E-state index contributed by atoms with van der Waals surface area (Å²) in [5, 5.41) is 31.4. The van der Waals surface area contributed by atoms with Crippen LogP contribution >= 0.6 is 0 Å². The Bertz CT molecular complexity index is 1670. The Balaban J connectivity index is 1.39. The van der Waals surface area contributed by atoms with E-state index in [1.54, 1.807) is 60.7 Å². The highest BCUT2D eigenvalue weighted by atomic mass is 16.5. The first kappa shape index (κ1) is 31.2. The van der Waals surface area contributed by atoms with E-state index in [0.717, 1.165) is 11.2 Å². The first-order chi connectivity index (χ1) is 21.1. The number of pyridine rings is 1. The molecule has 0 atom stereocenters. The summed E-state index contributed by atoms with van der Waals surface area (Å²) in [6, 6.07) is 17.0. The third kappa shape index (κ3) is 8.15. The van der Waals surface area contributed by atoms with Gasteiger partial charge in [-0.1, -0.05) is 6.07 Å². The van der Waals surface area contributed by atoms with E-state index in [2.05, 4.69) is 20.6 Å². The quantitative estimate of drug-likeness (QED) is 0.0856. The number of nitrogens with one attached hydrogen (secondary N) is 3. The van der Waals surface area contributed by atoms with E-state index >= 15 is 0 Å². The number of carbonyl (C=O) groups excluding carboxylic acids is 2. The lowest BCUT2D eigenvalue weighted by Gasteiger charge is -2.21. The second-order valence-corrected chi connectivity index (χ2v) is 9.64. The van der Waals surface area contributed by atoms with E-state index in [1.807, 2.05) is 11.6 Å². The van der Waals surface area contributed by atoms with Crippen molar-refractivity contribution in [1.82, 2.24) is 19.9 Å². The van der Waals surface area contributed by atoms with Crippen LogP contribution in [0.15, 0.2) is 66.9 Å². The third-order valence-corrected chi connectivity index (χ3v) is 6.56. The summed E-state index contributed by atoms with van der Waals surface area (Å²) in [5.74, 6) is -1.50. The van der Waals surface area contributed by atoms with Crippen molar-refractivity contribution in [1.29, 1.82) is 5.41 Å². The van der Waals surface area contributed by atoms with Crippen molar-refractivity contribution in [2.75, 3.05) is 23.4 Å². The van der Waals surface area contributed by atoms with E-state index in [9.17, 15) is 19.2 Å². The zero-order valence-corrected chi connectivity index (χ0v) is 23.8. The van der Waals surface area contributed by atoms with Crippen LogP contribution in [0.4, 0.5) is 16.3 Å². The summed E-state index contributed by atoms with van der Waals surface area (Å²) in [6.45, 7) is 0.253. The summed E-state index contributed by atoms with van der Waals surface area (Å²) < 4.78 is 6.78. The average molecular weight is 602 g/mol. The van der Waals surface area contributed by atoms with Crippen LogP contribution in [0.2, 0.25) is 0 Å². The van der Waals surface area contributed by atoms with Gasteiger partial charge in [0.15, 0.2) is 0 Å². The number of anilines is 2. The number of amidine groups is 1. The Labute approximate surface area is 251 Å². The average Bonchev–Trinajstić information content (AvgIpc) is 3.33. The number of carboxylic acids is 2. The van der Waals surface area contributed by atoms with Crippen molar-refractivity contribution in [2.24, 2.45) is 7.05 Å². The first-order valence-corrected chi connectivity index (χ1v) is 13.6. The zero-order valence-electron chi connectivity index (χ0n) is 23.8. The molecule has 0 aliphatic carbocycles. The number of ether oxygens (including phenoxy) is 1. The van der Waals surface area contributed by atoms with Crippen molar-refractivity contribution in [3.05, 3.63) is 83.8 Å². The van der Waals surface area contributed by atoms with Crippen LogP contribution in [-0.2, 0) is 27.9 Å². The molecule has 2 heterocycles. The number of rotatable bonds is 13.